The molecule has 0 aliphatic rings. The van der Waals surface area contributed by atoms with Gasteiger partial charge < -0.3 is 0 Å². The molecule has 0 bridgehead atoms. The molecular weight excluding hydrogens is 303 g/mol. The summed E-state index contributed by atoms with van der Waals surface area (Å²) in [5.41, 5.74) is 5.32. The van der Waals surface area contributed by atoms with Gasteiger partial charge in [-0.2, -0.15) is 5.10 Å². The summed E-state index contributed by atoms with van der Waals surface area (Å²) in [5, 5.41) is 3.79. The number of nitrogens with zero attached hydrogens (tertiary/aromatic N) is 1. The summed E-state index contributed by atoms with van der Waals surface area (Å²) in [6.07, 6.45) is 1.28. The Kier molecular flexibility index (Phi) is 4.77. The monoisotopic (exact) mass is 318 g/mol. The van der Waals surface area contributed by atoms with Crippen molar-refractivity contribution in [2.75, 3.05) is 0 Å². The minimum absolute atomic E-state index is 0.317. The average molecular weight is 318 g/mol. The Morgan fingerprint density at radius 2 is 1.46 bits per heavy atom. The molecule has 4 heteroatoms. The summed E-state index contributed by atoms with van der Waals surface area (Å²) < 4.78 is 13.4. The normalized spacial score (nSPS) is 10.7. The number of hydrogen-bond donors (Lipinski definition) is 1. The van der Waals surface area contributed by atoms with Crippen molar-refractivity contribution >= 4 is 12.1 Å². The van der Waals surface area contributed by atoms with E-state index in [1.165, 1.54) is 12.3 Å². The molecule has 1 N–H and O–H groups in total. The number of amides is 1. The van der Waals surface area contributed by atoms with Crippen LogP contribution in [0.15, 0.2) is 84.0 Å². The van der Waals surface area contributed by atoms with Crippen LogP contribution in [0.25, 0.3) is 11.1 Å². The fourth-order valence-electron chi connectivity index (χ4n) is 2.25. The van der Waals surface area contributed by atoms with Crippen LogP contribution in [0.1, 0.15) is 15.9 Å². The lowest BCUT2D eigenvalue weighted by Gasteiger charge is -2.03. The summed E-state index contributed by atoms with van der Waals surface area (Å²) >= 11 is 0. The van der Waals surface area contributed by atoms with E-state index in [0.29, 0.717) is 11.1 Å². The molecule has 118 valence electrons. The van der Waals surface area contributed by atoms with Crippen molar-refractivity contribution < 1.29 is 9.18 Å². The highest BCUT2D eigenvalue weighted by atomic mass is 19.1. The number of benzene rings is 3. The molecule has 1 amide bonds. The number of nitrogens with one attached hydrogen (secondary N) is 1. The summed E-state index contributed by atoms with van der Waals surface area (Å²) in [5.74, 6) is -0.732. The molecule has 0 aliphatic carbocycles. The topological polar surface area (TPSA) is 41.5 Å². The maximum absolute atomic E-state index is 13.4. The predicted molar refractivity (Wildman–Crippen MR) is 93.3 cm³/mol. The summed E-state index contributed by atoms with van der Waals surface area (Å²) in [6, 6.07) is 23.3. The van der Waals surface area contributed by atoms with E-state index in [9.17, 15) is 9.18 Å². The van der Waals surface area contributed by atoms with E-state index in [1.807, 2.05) is 42.5 Å². The maximum atomic E-state index is 13.4. The fourth-order valence-corrected chi connectivity index (χ4v) is 2.25. The van der Waals surface area contributed by atoms with Crippen LogP contribution in [-0.2, 0) is 0 Å². The third kappa shape index (κ3) is 3.73. The van der Waals surface area contributed by atoms with Crippen molar-refractivity contribution in [3.8, 4) is 11.1 Å². The average Bonchev–Trinajstić information content (AvgIpc) is 2.64. The third-order valence-electron chi connectivity index (χ3n) is 3.53. The quantitative estimate of drug-likeness (QED) is 0.567. The standard InChI is InChI=1S/C20H15FN2O/c21-19-9-5-4-8-18(19)14-22-23-20(24)17-12-10-16(11-13-17)15-6-2-1-3-7-15/h1-14H,(H,23,24)/b22-14+. The first-order chi connectivity index (χ1) is 11.7. The van der Waals surface area contributed by atoms with Crippen molar-refractivity contribution in [2.24, 2.45) is 5.10 Å². The molecular formula is C20H15FN2O. The number of carbonyl (C=O) groups is 1. The fraction of sp³-hybridized carbons (Fsp3) is 0. The van der Waals surface area contributed by atoms with Gasteiger partial charge in [0, 0.05) is 11.1 Å². The minimum atomic E-state index is -0.386. The first kappa shape index (κ1) is 15.6. The minimum Gasteiger partial charge on any atom is -0.267 e. The van der Waals surface area contributed by atoms with E-state index in [4.69, 9.17) is 0 Å². The maximum Gasteiger partial charge on any atom is 0.271 e. The molecule has 3 aromatic rings. The zero-order valence-electron chi connectivity index (χ0n) is 12.8. The van der Waals surface area contributed by atoms with Crippen molar-refractivity contribution in [1.82, 2.24) is 5.43 Å². The van der Waals surface area contributed by atoms with E-state index in [1.54, 1.807) is 30.3 Å². The van der Waals surface area contributed by atoms with Crippen LogP contribution in [0.3, 0.4) is 0 Å². The largest absolute Gasteiger partial charge is 0.271 e. The molecule has 0 fully saturated rings. The Hall–Kier alpha value is -3.27. The highest BCUT2D eigenvalue weighted by molar-refractivity contribution is 5.95. The molecule has 0 heterocycles. The molecule has 3 aromatic carbocycles. The summed E-state index contributed by atoms with van der Waals surface area (Å²) in [6.45, 7) is 0. The van der Waals surface area contributed by atoms with Gasteiger partial charge in [-0.3, -0.25) is 4.79 Å². The number of hydrazone groups is 1. The number of hydrogen-bond acceptors (Lipinski definition) is 2. The Morgan fingerprint density at radius 1 is 0.833 bits per heavy atom. The van der Waals surface area contributed by atoms with Crippen LogP contribution in [0, 0.1) is 5.82 Å². The first-order valence-corrected chi connectivity index (χ1v) is 7.47. The van der Waals surface area contributed by atoms with Crippen LogP contribution >= 0.6 is 0 Å². The third-order valence-corrected chi connectivity index (χ3v) is 3.53. The molecule has 3 nitrogen and oxygen atoms in total. The van der Waals surface area contributed by atoms with Gasteiger partial charge in [0.25, 0.3) is 5.91 Å². The second-order valence-corrected chi connectivity index (χ2v) is 5.16. The van der Waals surface area contributed by atoms with E-state index in [0.717, 1.165) is 11.1 Å². The number of carbonyl (C=O) groups excluding carboxylic acids is 1. The van der Waals surface area contributed by atoms with E-state index < -0.39 is 0 Å². The molecule has 0 aliphatic heterocycles. The van der Waals surface area contributed by atoms with Crippen molar-refractivity contribution in [1.29, 1.82) is 0 Å². The highest BCUT2D eigenvalue weighted by Gasteiger charge is 2.05. The molecule has 0 saturated carbocycles. The Labute approximate surface area is 139 Å². The van der Waals surface area contributed by atoms with Gasteiger partial charge in [0.05, 0.1) is 6.21 Å². The van der Waals surface area contributed by atoms with Crippen LogP contribution < -0.4 is 5.43 Å². The zero-order chi connectivity index (χ0) is 16.8. The molecule has 3 rings (SSSR count). The van der Waals surface area contributed by atoms with Crippen molar-refractivity contribution in [2.45, 2.75) is 0 Å². The van der Waals surface area contributed by atoms with E-state index in [-0.39, 0.29) is 11.7 Å². The van der Waals surface area contributed by atoms with E-state index >= 15 is 0 Å². The van der Waals surface area contributed by atoms with Crippen LogP contribution in [0.4, 0.5) is 4.39 Å². The second kappa shape index (κ2) is 7.33. The van der Waals surface area contributed by atoms with Gasteiger partial charge in [-0.15, -0.1) is 0 Å². The Balaban J connectivity index is 1.66. The second-order valence-electron chi connectivity index (χ2n) is 5.16. The first-order valence-electron chi connectivity index (χ1n) is 7.47. The Bertz CT molecular complexity index is 858. The van der Waals surface area contributed by atoms with Gasteiger partial charge in [-0.25, -0.2) is 9.82 Å². The molecule has 0 spiro atoms. The smallest absolute Gasteiger partial charge is 0.267 e. The number of rotatable bonds is 4. The zero-order valence-corrected chi connectivity index (χ0v) is 12.8. The van der Waals surface area contributed by atoms with Gasteiger partial charge in [-0.1, -0.05) is 60.7 Å². The molecule has 0 aromatic heterocycles. The van der Waals surface area contributed by atoms with Gasteiger partial charge in [-0.05, 0) is 29.3 Å². The lowest BCUT2D eigenvalue weighted by molar-refractivity contribution is 0.0955. The lowest BCUT2D eigenvalue weighted by Crippen LogP contribution is -2.17. The van der Waals surface area contributed by atoms with Crippen LogP contribution in [-0.4, -0.2) is 12.1 Å². The van der Waals surface area contributed by atoms with Crippen molar-refractivity contribution in [3.63, 3.8) is 0 Å². The van der Waals surface area contributed by atoms with Crippen molar-refractivity contribution in [3.05, 3.63) is 95.8 Å². The molecule has 0 unspecified atom stereocenters. The molecule has 0 radical (unpaired) electrons. The molecule has 24 heavy (non-hydrogen) atoms. The Morgan fingerprint density at radius 3 is 2.17 bits per heavy atom. The molecule has 0 saturated heterocycles. The highest BCUT2D eigenvalue weighted by Crippen LogP contribution is 2.19. The van der Waals surface area contributed by atoms with Gasteiger partial charge in [0.1, 0.15) is 5.82 Å². The van der Waals surface area contributed by atoms with Crippen LogP contribution in [0.5, 0.6) is 0 Å². The molecule has 0 atom stereocenters. The number of halogens is 1. The summed E-state index contributed by atoms with van der Waals surface area (Å²) in [4.78, 5) is 12.0. The van der Waals surface area contributed by atoms with Gasteiger partial charge in [0.15, 0.2) is 0 Å². The van der Waals surface area contributed by atoms with Gasteiger partial charge >= 0.3 is 0 Å². The summed E-state index contributed by atoms with van der Waals surface area (Å²) in [7, 11) is 0. The van der Waals surface area contributed by atoms with Crippen LogP contribution in [0.2, 0.25) is 0 Å². The SMILES string of the molecule is O=C(N/N=C/c1ccccc1F)c1ccc(-c2ccccc2)cc1. The van der Waals surface area contributed by atoms with E-state index in [2.05, 4.69) is 10.5 Å². The lowest BCUT2D eigenvalue weighted by atomic mass is 10.0. The van der Waals surface area contributed by atoms with Gasteiger partial charge in [0.2, 0.25) is 0 Å². The predicted octanol–water partition coefficient (Wildman–Crippen LogP) is 4.26.